The largest absolute Gasteiger partial charge is 0.355 e. The maximum absolute atomic E-state index is 12.1. The summed E-state index contributed by atoms with van der Waals surface area (Å²) in [6.07, 6.45) is 6.13. The standard InChI is InChI=1S/C13H24N4O/c1-4-13(5-2,10-14)12(18)15-7-6-11-8-16-17(3)9-11/h8-9H,4-7,10,14H2,1-3H3,(H,15,18). The van der Waals surface area contributed by atoms with Gasteiger partial charge in [0, 0.05) is 26.3 Å². The first-order valence-electron chi connectivity index (χ1n) is 6.54. The van der Waals surface area contributed by atoms with Crippen LogP contribution in [0.3, 0.4) is 0 Å². The van der Waals surface area contributed by atoms with Crippen molar-refractivity contribution in [1.82, 2.24) is 15.1 Å². The zero-order valence-corrected chi connectivity index (χ0v) is 11.6. The highest BCUT2D eigenvalue weighted by molar-refractivity contribution is 5.82. The molecule has 1 aromatic heterocycles. The van der Waals surface area contributed by atoms with Crippen LogP contribution in [0, 0.1) is 5.41 Å². The fourth-order valence-electron chi connectivity index (χ4n) is 2.06. The van der Waals surface area contributed by atoms with Gasteiger partial charge in [0.05, 0.1) is 11.6 Å². The van der Waals surface area contributed by atoms with Crippen LogP contribution in [0.15, 0.2) is 12.4 Å². The van der Waals surface area contributed by atoms with Crippen LogP contribution < -0.4 is 11.1 Å². The Bertz CT molecular complexity index is 374. The number of hydrogen-bond donors (Lipinski definition) is 2. The van der Waals surface area contributed by atoms with Crippen LogP contribution in [-0.2, 0) is 18.3 Å². The van der Waals surface area contributed by atoms with Crippen LogP contribution in [0.4, 0.5) is 0 Å². The van der Waals surface area contributed by atoms with E-state index in [1.54, 1.807) is 4.68 Å². The van der Waals surface area contributed by atoms with Crippen LogP contribution in [0.1, 0.15) is 32.3 Å². The second kappa shape index (κ2) is 6.54. The number of carbonyl (C=O) groups is 1. The van der Waals surface area contributed by atoms with Crippen molar-refractivity contribution in [1.29, 1.82) is 0 Å². The normalized spacial score (nSPS) is 11.6. The molecule has 0 saturated carbocycles. The predicted molar refractivity (Wildman–Crippen MR) is 72.0 cm³/mol. The Morgan fingerprint density at radius 2 is 2.17 bits per heavy atom. The van der Waals surface area contributed by atoms with Crippen molar-refractivity contribution < 1.29 is 4.79 Å². The molecule has 18 heavy (non-hydrogen) atoms. The molecule has 5 nitrogen and oxygen atoms in total. The number of nitrogens with zero attached hydrogens (tertiary/aromatic N) is 2. The highest BCUT2D eigenvalue weighted by atomic mass is 16.2. The van der Waals surface area contributed by atoms with Crippen LogP contribution in [0.2, 0.25) is 0 Å². The van der Waals surface area contributed by atoms with Crippen LogP contribution in [0.25, 0.3) is 0 Å². The summed E-state index contributed by atoms with van der Waals surface area (Å²) in [6, 6.07) is 0. The molecule has 1 heterocycles. The van der Waals surface area contributed by atoms with Crippen molar-refractivity contribution in [3.8, 4) is 0 Å². The number of hydrogen-bond acceptors (Lipinski definition) is 3. The number of carbonyl (C=O) groups excluding carboxylic acids is 1. The molecule has 0 bridgehead atoms. The molecule has 0 aromatic carbocycles. The van der Waals surface area contributed by atoms with Gasteiger partial charge in [-0.1, -0.05) is 13.8 Å². The molecule has 0 aliphatic heterocycles. The lowest BCUT2D eigenvalue weighted by Crippen LogP contribution is -2.45. The summed E-state index contributed by atoms with van der Waals surface area (Å²) in [5.74, 6) is 0.0684. The van der Waals surface area contributed by atoms with Crippen LogP contribution in [0.5, 0.6) is 0 Å². The average molecular weight is 252 g/mol. The summed E-state index contributed by atoms with van der Waals surface area (Å²) in [7, 11) is 1.88. The lowest BCUT2D eigenvalue weighted by molar-refractivity contribution is -0.131. The van der Waals surface area contributed by atoms with Crippen molar-refractivity contribution in [3.05, 3.63) is 18.0 Å². The van der Waals surface area contributed by atoms with Crippen molar-refractivity contribution in [3.63, 3.8) is 0 Å². The Morgan fingerprint density at radius 3 is 2.61 bits per heavy atom. The fourth-order valence-corrected chi connectivity index (χ4v) is 2.06. The Morgan fingerprint density at radius 1 is 1.50 bits per heavy atom. The number of aryl methyl sites for hydroxylation is 1. The van der Waals surface area contributed by atoms with Gasteiger partial charge in [-0.25, -0.2) is 0 Å². The lowest BCUT2D eigenvalue weighted by atomic mass is 9.81. The van der Waals surface area contributed by atoms with Crippen LogP contribution in [-0.4, -0.2) is 28.8 Å². The molecule has 1 rings (SSSR count). The molecule has 0 fully saturated rings. The summed E-state index contributed by atoms with van der Waals surface area (Å²) in [5, 5.41) is 7.07. The van der Waals surface area contributed by atoms with E-state index in [2.05, 4.69) is 10.4 Å². The quantitative estimate of drug-likeness (QED) is 0.755. The summed E-state index contributed by atoms with van der Waals surface area (Å²) in [6.45, 7) is 5.05. The summed E-state index contributed by atoms with van der Waals surface area (Å²) < 4.78 is 1.76. The van der Waals surface area contributed by atoms with Crippen molar-refractivity contribution in [2.24, 2.45) is 18.2 Å². The molecular formula is C13H24N4O. The molecule has 5 heteroatoms. The van der Waals surface area contributed by atoms with Crippen molar-refractivity contribution in [2.75, 3.05) is 13.1 Å². The number of rotatable bonds is 7. The highest BCUT2D eigenvalue weighted by Crippen LogP contribution is 2.24. The van der Waals surface area contributed by atoms with E-state index in [0.29, 0.717) is 13.1 Å². The van der Waals surface area contributed by atoms with Gasteiger partial charge in [-0.05, 0) is 24.8 Å². The van der Waals surface area contributed by atoms with E-state index in [1.807, 2.05) is 33.3 Å². The van der Waals surface area contributed by atoms with E-state index in [0.717, 1.165) is 24.8 Å². The predicted octanol–water partition coefficient (Wildman–Crippen LogP) is 0.844. The van der Waals surface area contributed by atoms with Crippen molar-refractivity contribution >= 4 is 5.91 Å². The number of aromatic nitrogens is 2. The topological polar surface area (TPSA) is 72.9 Å². The third-order valence-corrected chi connectivity index (χ3v) is 3.68. The lowest BCUT2D eigenvalue weighted by Gasteiger charge is -2.28. The number of amides is 1. The third-order valence-electron chi connectivity index (χ3n) is 3.68. The molecule has 0 aliphatic carbocycles. The van der Waals surface area contributed by atoms with E-state index < -0.39 is 5.41 Å². The molecule has 0 radical (unpaired) electrons. The minimum absolute atomic E-state index is 0.0684. The SMILES string of the molecule is CCC(CC)(CN)C(=O)NCCc1cnn(C)c1. The second-order valence-electron chi connectivity index (χ2n) is 4.72. The van der Waals surface area contributed by atoms with Crippen molar-refractivity contribution in [2.45, 2.75) is 33.1 Å². The number of nitrogens with two attached hydrogens (primary N) is 1. The first-order valence-corrected chi connectivity index (χ1v) is 6.54. The minimum Gasteiger partial charge on any atom is -0.355 e. The first-order chi connectivity index (χ1) is 8.57. The van der Waals surface area contributed by atoms with Gasteiger partial charge in [0.1, 0.15) is 0 Å². The van der Waals surface area contributed by atoms with E-state index in [1.165, 1.54) is 0 Å². The van der Waals surface area contributed by atoms with E-state index >= 15 is 0 Å². The maximum Gasteiger partial charge on any atom is 0.227 e. The molecule has 102 valence electrons. The summed E-state index contributed by atoms with van der Waals surface area (Å²) in [4.78, 5) is 12.1. The Balaban J connectivity index is 2.45. The minimum atomic E-state index is -0.408. The van der Waals surface area contributed by atoms with Gasteiger partial charge in [0.25, 0.3) is 0 Å². The molecule has 0 atom stereocenters. The Labute approximate surface area is 109 Å². The van der Waals surface area contributed by atoms with E-state index in [9.17, 15) is 4.79 Å². The highest BCUT2D eigenvalue weighted by Gasteiger charge is 2.32. The van der Waals surface area contributed by atoms with Crippen LogP contribution >= 0.6 is 0 Å². The molecule has 0 aliphatic rings. The molecule has 0 spiro atoms. The molecular weight excluding hydrogens is 228 g/mol. The maximum atomic E-state index is 12.1. The molecule has 0 unspecified atom stereocenters. The van der Waals surface area contributed by atoms with Gasteiger partial charge < -0.3 is 11.1 Å². The number of nitrogens with one attached hydrogen (secondary N) is 1. The monoisotopic (exact) mass is 252 g/mol. The van der Waals surface area contributed by atoms with E-state index in [-0.39, 0.29) is 5.91 Å². The third kappa shape index (κ3) is 3.32. The van der Waals surface area contributed by atoms with Gasteiger partial charge in [-0.3, -0.25) is 9.48 Å². The average Bonchev–Trinajstić information content (AvgIpc) is 2.78. The Hall–Kier alpha value is -1.36. The van der Waals surface area contributed by atoms with E-state index in [4.69, 9.17) is 5.73 Å². The van der Waals surface area contributed by atoms with Gasteiger partial charge in [0.15, 0.2) is 0 Å². The zero-order valence-electron chi connectivity index (χ0n) is 11.6. The summed E-state index contributed by atoms with van der Waals surface area (Å²) in [5.41, 5.74) is 6.46. The summed E-state index contributed by atoms with van der Waals surface area (Å²) >= 11 is 0. The molecule has 3 N–H and O–H groups in total. The molecule has 0 saturated heterocycles. The fraction of sp³-hybridized carbons (Fsp3) is 0.692. The molecule has 1 amide bonds. The zero-order chi connectivity index (χ0) is 13.6. The molecule has 1 aromatic rings. The van der Waals surface area contributed by atoms with Gasteiger partial charge in [0.2, 0.25) is 5.91 Å². The van der Waals surface area contributed by atoms with Gasteiger partial charge in [-0.2, -0.15) is 5.10 Å². The first kappa shape index (κ1) is 14.7. The smallest absolute Gasteiger partial charge is 0.227 e. The second-order valence-corrected chi connectivity index (χ2v) is 4.72. The Kier molecular flexibility index (Phi) is 5.34. The van der Waals surface area contributed by atoms with Gasteiger partial charge in [-0.15, -0.1) is 0 Å². The van der Waals surface area contributed by atoms with Gasteiger partial charge >= 0.3 is 0 Å².